The van der Waals surface area contributed by atoms with Crippen molar-refractivity contribution in [2.45, 2.75) is 38.8 Å². The van der Waals surface area contributed by atoms with Crippen molar-refractivity contribution in [3.05, 3.63) is 23.8 Å². The lowest BCUT2D eigenvalue weighted by Gasteiger charge is -2.32. The van der Waals surface area contributed by atoms with Gasteiger partial charge in [0.25, 0.3) is 0 Å². The summed E-state index contributed by atoms with van der Waals surface area (Å²) in [6.45, 7) is 7.48. The number of hydrogen-bond acceptors (Lipinski definition) is 4. The van der Waals surface area contributed by atoms with Crippen molar-refractivity contribution < 1.29 is 14.2 Å². The predicted octanol–water partition coefficient (Wildman–Crippen LogP) is 2.85. The van der Waals surface area contributed by atoms with Crippen LogP contribution in [0.25, 0.3) is 0 Å². The summed E-state index contributed by atoms with van der Waals surface area (Å²) >= 11 is 0. The monoisotopic (exact) mass is 291 g/mol. The zero-order valence-electron chi connectivity index (χ0n) is 12.8. The lowest BCUT2D eigenvalue weighted by molar-refractivity contribution is -0.00225. The van der Waals surface area contributed by atoms with E-state index in [1.165, 1.54) is 18.4 Å². The molecule has 0 unspecified atom stereocenters. The molecule has 2 heterocycles. The number of benzene rings is 1. The smallest absolute Gasteiger partial charge is 0.161 e. The summed E-state index contributed by atoms with van der Waals surface area (Å²) in [4.78, 5) is 2.48. The Morgan fingerprint density at radius 3 is 2.95 bits per heavy atom. The minimum atomic E-state index is 0.399. The number of fused-ring (bicyclic) bond motifs is 1. The van der Waals surface area contributed by atoms with Crippen LogP contribution >= 0.6 is 0 Å². The van der Waals surface area contributed by atoms with Crippen LogP contribution in [-0.2, 0) is 11.3 Å². The van der Waals surface area contributed by atoms with Crippen molar-refractivity contribution in [3.8, 4) is 11.5 Å². The van der Waals surface area contributed by atoms with Gasteiger partial charge in [-0.2, -0.15) is 0 Å². The minimum absolute atomic E-state index is 0.399. The van der Waals surface area contributed by atoms with Gasteiger partial charge in [-0.1, -0.05) is 13.0 Å². The Hall–Kier alpha value is -1.26. The van der Waals surface area contributed by atoms with Gasteiger partial charge < -0.3 is 14.2 Å². The van der Waals surface area contributed by atoms with Crippen molar-refractivity contribution in [3.63, 3.8) is 0 Å². The normalized spacial score (nSPS) is 22.2. The average Bonchev–Trinajstić information content (AvgIpc) is 2.53. The van der Waals surface area contributed by atoms with Crippen molar-refractivity contribution in [1.29, 1.82) is 0 Å². The minimum Gasteiger partial charge on any atom is -0.486 e. The van der Waals surface area contributed by atoms with Gasteiger partial charge in [-0.05, 0) is 43.5 Å². The lowest BCUT2D eigenvalue weighted by atomic mass is 10.1. The maximum atomic E-state index is 5.90. The van der Waals surface area contributed by atoms with E-state index >= 15 is 0 Å². The zero-order chi connectivity index (χ0) is 14.5. The summed E-state index contributed by atoms with van der Waals surface area (Å²) in [6.07, 6.45) is 3.91. The molecule has 0 aliphatic carbocycles. The zero-order valence-corrected chi connectivity index (χ0v) is 12.8. The first-order valence-corrected chi connectivity index (χ1v) is 8.07. The number of ether oxygens (including phenoxy) is 3. The van der Waals surface area contributed by atoms with E-state index < -0.39 is 0 Å². The fraction of sp³-hybridized carbons (Fsp3) is 0.647. The van der Waals surface area contributed by atoms with Gasteiger partial charge >= 0.3 is 0 Å². The molecular formula is C17H25NO3. The van der Waals surface area contributed by atoms with Gasteiger partial charge in [-0.15, -0.1) is 0 Å². The molecule has 116 valence electrons. The molecular weight excluding hydrogens is 266 g/mol. The van der Waals surface area contributed by atoms with E-state index in [4.69, 9.17) is 14.2 Å². The highest BCUT2D eigenvalue weighted by Crippen LogP contribution is 2.31. The van der Waals surface area contributed by atoms with Gasteiger partial charge in [0, 0.05) is 19.7 Å². The molecule has 0 spiro atoms. The molecule has 2 aliphatic heterocycles. The molecule has 0 N–H and O–H groups in total. The van der Waals surface area contributed by atoms with Crippen LogP contribution in [0, 0.1) is 0 Å². The van der Waals surface area contributed by atoms with Crippen LogP contribution in [-0.4, -0.2) is 43.9 Å². The van der Waals surface area contributed by atoms with Crippen LogP contribution in [0.4, 0.5) is 0 Å². The second kappa shape index (κ2) is 7.14. The summed E-state index contributed by atoms with van der Waals surface area (Å²) in [7, 11) is 0. The molecule has 0 aromatic heterocycles. The SMILES string of the molecule is CCCO[C@H]1CCCN(Cc2ccc3c(c2)OCCO3)C1. The Kier molecular flexibility index (Phi) is 4.99. The lowest BCUT2D eigenvalue weighted by Crippen LogP contribution is -2.39. The fourth-order valence-corrected chi connectivity index (χ4v) is 3.02. The van der Waals surface area contributed by atoms with Gasteiger partial charge in [-0.25, -0.2) is 0 Å². The third-order valence-electron chi connectivity index (χ3n) is 4.03. The van der Waals surface area contributed by atoms with E-state index in [1.54, 1.807) is 0 Å². The molecule has 2 aliphatic rings. The van der Waals surface area contributed by atoms with Gasteiger partial charge in [0.2, 0.25) is 0 Å². The van der Waals surface area contributed by atoms with Crippen LogP contribution in [0.2, 0.25) is 0 Å². The molecule has 1 fully saturated rings. The fourth-order valence-electron chi connectivity index (χ4n) is 3.02. The number of hydrogen-bond donors (Lipinski definition) is 0. The van der Waals surface area contributed by atoms with E-state index in [-0.39, 0.29) is 0 Å². The quantitative estimate of drug-likeness (QED) is 0.834. The molecule has 0 saturated carbocycles. The van der Waals surface area contributed by atoms with Crippen LogP contribution in [0.15, 0.2) is 18.2 Å². The molecule has 4 nitrogen and oxygen atoms in total. The molecule has 1 saturated heterocycles. The summed E-state index contributed by atoms with van der Waals surface area (Å²) in [5.74, 6) is 1.75. The first-order valence-electron chi connectivity index (χ1n) is 8.07. The van der Waals surface area contributed by atoms with Crippen molar-refractivity contribution in [2.24, 2.45) is 0 Å². The molecule has 4 heteroatoms. The molecule has 21 heavy (non-hydrogen) atoms. The Morgan fingerprint density at radius 1 is 1.24 bits per heavy atom. The summed E-state index contributed by atoms with van der Waals surface area (Å²) in [6, 6.07) is 6.29. The second-order valence-corrected chi connectivity index (χ2v) is 5.85. The number of rotatable bonds is 5. The Balaban J connectivity index is 1.58. The molecule has 0 amide bonds. The van der Waals surface area contributed by atoms with Crippen molar-refractivity contribution in [1.82, 2.24) is 4.90 Å². The van der Waals surface area contributed by atoms with E-state index in [1.807, 2.05) is 6.07 Å². The third-order valence-corrected chi connectivity index (χ3v) is 4.03. The molecule has 0 radical (unpaired) electrons. The van der Waals surface area contributed by atoms with Crippen LogP contribution < -0.4 is 9.47 Å². The van der Waals surface area contributed by atoms with E-state index in [2.05, 4.69) is 24.0 Å². The highest BCUT2D eigenvalue weighted by molar-refractivity contribution is 5.43. The van der Waals surface area contributed by atoms with E-state index in [0.717, 1.165) is 44.2 Å². The van der Waals surface area contributed by atoms with Gasteiger partial charge in [0.05, 0.1) is 6.10 Å². The predicted molar refractivity (Wildman–Crippen MR) is 82.0 cm³/mol. The summed E-state index contributed by atoms with van der Waals surface area (Å²) in [5.41, 5.74) is 1.29. The van der Waals surface area contributed by atoms with Crippen LogP contribution in [0.5, 0.6) is 11.5 Å². The first-order chi connectivity index (χ1) is 10.3. The summed E-state index contributed by atoms with van der Waals surface area (Å²) in [5, 5.41) is 0. The standard InChI is InChI=1S/C17H25NO3/c1-2-8-19-15-4-3-7-18(13-15)12-14-5-6-16-17(11-14)21-10-9-20-16/h5-6,11,15H,2-4,7-10,12-13H2,1H3/t15-/m0/s1. The Labute approximate surface area is 127 Å². The van der Waals surface area contributed by atoms with Gasteiger partial charge in [-0.3, -0.25) is 4.90 Å². The maximum Gasteiger partial charge on any atom is 0.161 e. The first kappa shape index (κ1) is 14.7. The largest absolute Gasteiger partial charge is 0.486 e. The van der Waals surface area contributed by atoms with E-state index in [0.29, 0.717) is 19.3 Å². The maximum absolute atomic E-state index is 5.90. The molecule has 1 aromatic rings. The second-order valence-electron chi connectivity index (χ2n) is 5.85. The van der Waals surface area contributed by atoms with Gasteiger partial charge in [0.1, 0.15) is 13.2 Å². The molecule has 3 rings (SSSR count). The molecule has 0 bridgehead atoms. The van der Waals surface area contributed by atoms with Crippen molar-refractivity contribution >= 4 is 0 Å². The molecule has 1 atom stereocenters. The Morgan fingerprint density at radius 2 is 2.10 bits per heavy atom. The highest BCUT2D eigenvalue weighted by Gasteiger charge is 2.21. The van der Waals surface area contributed by atoms with Gasteiger partial charge in [0.15, 0.2) is 11.5 Å². The average molecular weight is 291 g/mol. The van der Waals surface area contributed by atoms with Crippen LogP contribution in [0.1, 0.15) is 31.7 Å². The third kappa shape index (κ3) is 3.89. The van der Waals surface area contributed by atoms with E-state index in [9.17, 15) is 0 Å². The number of piperidine rings is 1. The summed E-state index contributed by atoms with van der Waals surface area (Å²) < 4.78 is 17.1. The van der Waals surface area contributed by atoms with Crippen molar-refractivity contribution in [2.75, 3.05) is 32.9 Å². The van der Waals surface area contributed by atoms with Crippen LogP contribution in [0.3, 0.4) is 0 Å². The number of likely N-dealkylation sites (tertiary alicyclic amines) is 1. The Bertz CT molecular complexity index is 463. The number of nitrogens with zero attached hydrogens (tertiary/aromatic N) is 1. The molecule has 1 aromatic carbocycles. The topological polar surface area (TPSA) is 30.9 Å². The highest BCUT2D eigenvalue weighted by atomic mass is 16.6.